The average molecular weight is 282 g/mol. The van der Waals surface area contributed by atoms with Crippen LogP contribution in [0.3, 0.4) is 0 Å². The first kappa shape index (κ1) is 13.9. The molecular weight excluding hydrogens is 270 g/mol. The van der Waals surface area contributed by atoms with Gasteiger partial charge in [0.2, 0.25) is 5.82 Å². The molecule has 106 valence electrons. The van der Waals surface area contributed by atoms with E-state index in [2.05, 4.69) is 10.4 Å². The zero-order chi connectivity index (χ0) is 14.9. The molecule has 6 nitrogen and oxygen atoms in total. The molecule has 0 unspecified atom stereocenters. The molecule has 1 aromatic carbocycles. The summed E-state index contributed by atoms with van der Waals surface area (Å²) < 4.78 is 28.4. The summed E-state index contributed by atoms with van der Waals surface area (Å²) >= 11 is 0. The highest BCUT2D eigenvalue weighted by atomic mass is 19.1. The van der Waals surface area contributed by atoms with E-state index in [-0.39, 0.29) is 12.1 Å². The Labute approximate surface area is 113 Å². The number of aryl methyl sites for hydroxylation is 2. The van der Waals surface area contributed by atoms with Gasteiger partial charge < -0.3 is 5.32 Å². The SMILES string of the molecule is Cc1nn(C)cc1NCc1cc([N+](=O)[O-])c(F)cc1F. The second-order valence-electron chi connectivity index (χ2n) is 4.31. The monoisotopic (exact) mass is 282 g/mol. The van der Waals surface area contributed by atoms with Crippen molar-refractivity contribution in [2.24, 2.45) is 7.05 Å². The Morgan fingerprint density at radius 3 is 2.65 bits per heavy atom. The molecule has 1 heterocycles. The summed E-state index contributed by atoms with van der Waals surface area (Å²) in [5.41, 5.74) is 0.663. The minimum absolute atomic E-state index is 0.000509. The van der Waals surface area contributed by atoms with Crippen molar-refractivity contribution < 1.29 is 13.7 Å². The topological polar surface area (TPSA) is 73.0 Å². The lowest BCUT2D eigenvalue weighted by atomic mass is 10.1. The summed E-state index contributed by atoms with van der Waals surface area (Å²) in [7, 11) is 1.74. The lowest BCUT2D eigenvalue weighted by Crippen LogP contribution is -2.04. The van der Waals surface area contributed by atoms with E-state index in [1.54, 1.807) is 24.9 Å². The molecule has 0 amide bonds. The molecule has 20 heavy (non-hydrogen) atoms. The van der Waals surface area contributed by atoms with Gasteiger partial charge in [0.25, 0.3) is 0 Å². The van der Waals surface area contributed by atoms with Crippen LogP contribution in [0.5, 0.6) is 0 Å². The molecule has 1 N–H and O–H groups in total. The van der Waals surface area contributed by atoms with Crippen LogP contribution in [0, 0.1) is 28.7 Å². The molecule has 1 aromatic heterocycles. The zero-order valence-electron chi connectivity index (χ0n) is 10.9. The van der Waals surface area contributed by atoms with Crippen molar-refractivity contribution in [3.05, 3.63) is 51.3 Å². The summed E-state index contributed by atoms with van der Waals surface area (Å²) in [5, 5.41) is 17.6. The first-order valence-electron chi connectivity index (χ1n) is 5.75. The highest BCUT2D eigenvalue weighted by Gasteiger charge is 2.18. The number of hydrogen-bond acceptors (Lipinski definition) is 4. The molecule has 8 heteroatoms. The zero-order valence-corrected chi connectivity index (χ0v) is 10.9. The number of benzene rings is 1. The van der Waals surface area contributed by atoms with Gasteiger partial charge in [-0.3, -0.25) is 14.8 Å². The second-order valence-corrected chi connectivity index (χ2v) is 4.31. The Bertz CT molecular complexity index is 670. The predicted octanol–water partition coefficient (Wildman–Crippen LogP) is 2.53. The van der Waals surface area contributed by atoms with E-state index in [0.717, 1.165) is 6.07 Å². The summed E-state index contributed by atoms with van der Waals surface area (Å²) in [4.78, 5) is 9.74. The van der Waals surface area contributed by atoms with Gasteiger partial charge in [-0.25, -0.2) is 4.39 Å². The highest BCUT2D eigenvalue weighted by molar-refractivity contribution is 5.47. The van der Waals surface area contributed by atoms with Gasteiger partial charge in [0.1, 0.15) is 5.82 Å². The highest BCUT2D eigenvalue weighted by Crippen LogP contribution is 2.22. The minimum atomic E-state index is -1.19. The molecule has 0 saturated heterocycles. The Morgan fingerprint density at radius 1 is 1.40 bits per heavy atom. The Balaban J connectivity index is 2.23. The smallest absolute Gasteiger partial charge is 0.305 e. The van der Waals surface area contributed by atoms with E-state index in [1.807, 2.05) is 0 Å². The van der Waals surface area contributed by atoms with E-state index < -0.39 is 22.2 Å². The van der Waals surface area contributed by atoms with Crippen LogP contribution < -0.4 is 5.32 Å². The number of hydrogen-bond donors (Lipinski definition) is 1. The third kappa shape index (κ3) is 2.73. The van der Waals surface area contributed by atoms with E-state index in [4.69, 9.17) is 0 Å². The molecule has 0 aliphatic rings. The number of aromatic nitrogens is 2. The lowest BCUT2D eigenvalue weighted by Gasteiger charge is -2.06. The van der Waals surface area contributed by atoms with Crippen LogP contribution >= 0.6 is 0 Å². The maximum absolute atomic E-state index is 13.6. The van der Waals surface area contributed by atoms with Crippen molar-refractivity contribution in [1.82, 2.24) is 9.78 Å². The third-order valence-electron chi connectivity index (χ3n) is 2.80. The molecule has 0 radical (unpaired) electrons. The van der Waals surface area contributed by atoms with E-state index in [0.29, 0.717) is 17.4 Å². The van der Waals surface area contributed by atoms with Crippen LogP contribution in [0.1, 0.15) is 11.3 Å². The Hall–Kier alpha value is -2.51. The van der Waals surface area contributed by atoms with Gasteiger partial charge in [-0.15, -0.1) is 0 Å². The second kappa shape index (κ2) is 5.24. The van der Waals surface area contributed by atoms with Crippen LogP contribution in [0.15, 0.2) is 18.3 Å². The van der Waals surface area contributed by atoms with Crippen LogP contribution in [0.2, 0.25) is 0 Å². The molecule has 0 aliphatic carbocycles. The fourth-order valence-corrected chi connectivity index (χ4v) is 1.82. The first-order valence-corrected chi connectivity index (χ1v) is 5.75. The number of nitrogens with zero attached hydrogens (tertiary/aromatic N) is 3. The van der Waals surface area contributed by atoms with Gasteiger partial charge >= 0.3 is 5.69 Å². The molecule has 2 rings (SSSR count). The Kier molecular flexibility index (Phi) is 3.64. The van der Waals surface area contributed by atoms with E-state index >= 15 is 0 Å². The van der Waals surface area contributed by atoms with Crippen LogP contribution in [-0.4, -0.2) is 14.7 Å². The summed E-state index contributed by atoms with van der Waals surface area (Å²) in [6, 6.07) is 1.41. The van der Waals surface area contributed by atoms with E-state index in [9.17, 15) is 18.9 Å². The van der Waals surface area contributed by atoms with Gasteiger partial charge in [0, 0.05) is 37.5 Å². The van der Waals surface area contributed by atoms with Gasteiger partial charge in [0.05, 0.1) is 16.3 Å². The molecule has 2 aromatic rings. The van der Waals surface area contributed by atoms with Gasteiger partial charge in [-0.1, -0.05) is 0 Å². The van der Waals surface area contributed by atoms with Crippen LogP contribution in [0.25, 0.3) is 0 Å². The molecule has 0 bridgehead atoms. The van der Waals surface area contributed by atoms with E-state index in [1.165, 1.54) is 0 Å². The summed E-state index contributed by atoms with van der Waals surface area (Å²) in [6.45, 7) is 1.77. The molecule has 0 saturated carbocycles. The van der Waals surface area contributed by atoms with Crippen molar-refractivity contribution in [1.29, 1.82) is 0 Å². The first-order chi connectivity index (χ1) is 9.38. The molecule has 0 fully saturated rings. The number of anilines is 1. The number of nitro benzene ring substituents is 1. The standard InChI is InChI=1S/C12H12F2N4O2/c1-7-11(6-17(2)16-7)15-5-8-3-12(18(19)20)10(14)4-9(8)13/h3-4,6,15H,5H2,1-2H3. The largest absolute Gasteiger partial charge is 0.378 e. The average Bonchev–Trinajstić information content (AvgIpc) is 2.66. The van der Waals surface area contributed by atoms with Crippen LogP contribution in [0.4, 0.5) is 20.2 Å². The predicted molar refractivity (Wildman–Crippen MR) is 68.3 cm³/mol. The third-order valence-corrected chi connectivity index (χ3v) is 2.80. The van der Waals surface area contributed by atoms with Crippen molar-refractivity contribution in [3.63, 3.8) is 0 Å². The molecule has 0 atom stereocenters. The van der Waals surface area contributed by atoms with Crippen LogP contribution in [-0.2, 0) is 13.6 Å². The van der Waals surface area contributed by atoms with Crippen molar-refractivity contribution >= 4 is 11.4 Å². The summed E-state index contributed by atoms with van der Waals surface area (Å²) in [6.07, 6.45) is 1.70. The minimum Gasteiger partial charge on any atom is -0.378 e. The maximum atomic E-state index is 13.6. The molecule has 0 aliphatic heterocycles. The van der Waals surface area contributed by atoms with Gasteiger partial charge in [0.15, 0.2) is 0 Å². The fourth-order valence-electron chi connectivity index (χ4n) is 1.82. The fraction of sp³-hybridized carbons (Fsp3) is 0.250. The molecular formula is C12H12F2N4O2. The van der Waals surface area contributed by atoms with Crippen molar-refractivity contribution in [3.8, 4) is 0 Å². The van der Waals surface area contributed by atoms with Crippen molar-refractivity contribution in [2.75, 3.05) is 5.32 Å². The number of halogens is 2. The molecule has 0 spiro atoms. The van der Waals surface area contributed by atoms with Gasteiger partial charge in [-0.05, 0) is 6.92 Å². The maximum Gasteiger partial charge on any atom is 0.305 e. The lowest BCUT2D eigenvalue weighted by molar-refractivity contribution is -0.387. The Morgan fingerprint density at radius 2 is 2.10 bits per heavy atom. The van der Waals surface area contributed by atoms with Gasteiger partial charge in [-0.2, -0.15) is 9.49 Å². The number of nitrogens with one attached hydrogen (secondary N) is 1. The van der Waals surface area contributed by atoms with Crippen molar-refractivity contribution in [2.45, 2.75) is 13.5 Å². The number of nitro groups is 1. The normalized spacial score (nSPS) is 10.6. The number of rotatable bonds is 4. The summed E-state index contributed by atoms with van der Waals surface area (Å²) in [5.74, 6) is -2.02. The quantitative estimate of drug-likeness (QED) is 0.690.